The van der Waals surface area contributed by atoms with E-state index in [2.05, 4.69) is 15.6 Å². The number of carbonyl (C=O) groups is 2. The second-order valence-corrected chi connectivity index (χ2v) is 8.96. The van der Waals surface area contributed by atoms with Gasteiger partial charge in [-0.05, 0) is 30.2 Å². The quantitative estimate of drug-likeness (QED) is 0.516. The first-order chi connectivity index (χ1) is 15.9. The van der Waals surface area contributed by atoms with Crippen molar-refractivity contribution in [3.63, 3.8) is 0 Å². The molecule has 0 spiro atoms. The predicted octanol–water partition coefficient (Wildman–Crippen LogP) is 0.269. The largest absolute Gasteiger partial charge is 0.493 e. The van der Waals surface area contributed by atoms with E-state index in [0.29, 0.717) is 18.8 Å². The Balaban J connectivity index is 1.65. The highest BCUT2D eigenvalue weighted by atomic mass is 32.2. The van der Waals surface area contributed by atoms with Gasteiger partial charge in [-0.1, -0.05) is 6.07 Å². The third-order valence-corrected chi connectivity index (χ3v) is 6.82. The van der Waals surface area contributed by atoms with E-state index in [0.717, 1.165) is 9.87 Å². The minimum Gasteiger partial charge on any atom is -0.493 e. The van der Waals surface area contributed by atoms with Crippen LogP contribution in [0, 0.1) is 0 Å². The lowest BCUT2D eigenvalue weighted by atomic mass is 10.3. The van der Waals surface area contributed by atoms with E-state index in [1.54, 1.807) is 24.5 Å². The van der Waals surface area contributed by atoms with Gasteiger partial charge in [0.1, 0.15) is 6.23 Å². The fraction of sp³-hybridized carbons (Fsp3) is 0.381. The molecule has 1 aromatic heterocycles. The Bertz CT molecular complexity index is 1080. The van der Waals surface area contributed by atoms with Crippen LogP contribution in [-0.2, 0) is 30.9 Å². The molecule has 0 radical (unpaired) electrons. The molecule has 2 aromatic rings. The Morgan fingerprint density at radius 1 is 1.15 bits per heavy atom. The van der Waals surface area contributed by atoms with Gasteiger partial charge in [-0.15, -0.1) is 0 Å². The number of nitrogens with zero attached hydrogens (tertiary/aromatic N) is 2. The van der Waals surface area contributed by atoms with Gasteiger partial charge in [-0.2, -0.15) is 4.31 Å². The van der Waals surface area contributed by atoms with E-state index in [4.69, 9.17) is 14.2 Å². The van der Waals surface area contributed by atoms with Gasteiger partial charge in [0.25, 0.3) is 0 Å². The Kier molecular flexibility index (Phi) is 8.20. The average Bonchev–Trinajstić information content (AvgIpc) is 2.86. The first-order valence-corrected chi connectivity index (χ1v) is 11.6. The number of benzene rings is 1. The maximum Gasteiger partial charge on any atom is 0.309 e. The van der Waals surface area contributed by atoms with Gasteiger partial charge in [0.05, 0.1) is 32.3 Å². The molecule has 2 N–H and O–H groups in total. The molecular formula is C21H26N4O7S. The molecule has 33 heavy (non-hydrogen) atoms. The lowest BCUT2D eigenvalue weighted by Gasteiger charge is -2.34. The fourth-order valence-electron chi connectivity index (χ4n) is 3.24. The molecule has 1 saturated heterocycles. The highest BCUT2D eigenvalue weighted by Crippen LogP contribution is 2.31. The van der Waals surface area contributed by atoms with Crippen LogP contribution in [0.4, 0.5) is 0 Å². The number of rotatable bonds is 8. The van der Waals surface area contributed by atoms with Crippen molar-refractivity contribution >= 4 is 21.8 Å². The topological polar surface area (TPSA) is 136 Å². The Morgan fingerprint density at radius 3 is 2.61 bits per heavy atom. The summed E-state index contributed by atoms with van der Waals surface area (Å²) in [6, 6.07) is 7.75. The molecule has 11 nitrogen and oxygen atoms in total. The normalized spacial score (nSPS) is 16.6. The minimum absolute atomic E-state index is 0.00353. The van der Waals surface area contributed by atoms with Crippen molar-refractivity contribution in [1.29, 1.82) is 0 Å². The predicted molar refractivity (Wildman–Crippen MR) is 117 cm³/mol. The smallest absolute Gasteiger partial charge is 0.309 e. The highest BCUT2D eigenvalue weighted by Gasteiger charge is 2.35. The van der Waals surface area contributed by atoms with Crippen molar-refractivity contribution in [2.75, 3.05) is 33.9 Å². The number of sulfonamides is 1. The lowest BCUT2D eigenvalue weighted by Crippen LogP contribution is -2.53. The molecule has 1 fully saturated rings. The van der Waals surface area contributed by atoms with Gasteiger partial charge in [0.15, 0.2) is 11.5 Å². The summed E-state index contributed by atoms with van der Waals surface area (Å²) in [6.07, 6.45) is 2.70. The standard InChI is InChI=1S/C21H26N4O7S/c1-30-17-7-6-16(11-18(17)31-2)33(28,29)25-9-4-10-32-19(25)14-24-21(27)20(26)23-13-15-5-3-8-22-12-15/h3,5-8,11-12,19H,4,9-10,13-14H2,1-2H3,(H,23,26)(H,24,27)/t19-/m1/s1. The molecule has 0 bridgehead atoms. The molecule has 2 heterocycles. The van der Waals surface area contributed by atoms with Crippen LogP contribution >= 0.6 is 0 Å². The number of aromatic nitrogens is 1. The number of pyridine rings is 1. The molecule has 0 aliphatic carbocycles. The van der Waals surface area contributed by atoms with Gasteiger partial charge < -0.3 is 24.8 Å². The summed E-state index contributed by atoms with van der Waals surface area (Å²) in [5.41, 5.74) is 0.737. The van der Waals surface area contributed by atoms with Gasteiger partial charge >= 0.3 is 11.8 Å². The average molecular weight is 479 g/mol. The van der Waals surface area contributed by atoms with Gasteiger partial charge in [-0.25, -0.2) is 8.42 Å². The second-order valence-electron chi connectivity index (χ2n) is 7.07. The zero-order valence-corrected chi connectivity index (χ0v) is 19.1. The van der Waals surface area contributed by atoms with Crippen LogP contribution < -0.4 is 20.1 Å². The number of methoxy groups -OCH3 is 2. The van der Waals surface area contributed by atoms with Crippen molar-refractivity contribution in [1.82, 2.24) is 19.9 Å². The van der Waals surface area contributed by atoms with Crippen molar-refractivity contribution < 1.29 is 32.2 Å². The van der Waals surface area contributed by atoms with Crippen molar-refractivity contribution in [3.8, 4) is 11.5 Å². The zero-order chi connectivity index (χ0) is 23.8. The lowest BCUT2D eigenvalue weighted by molar-refractivity contribution is -0.140. The molecule has 1 aliphatic heterocycles. The molecule has 0 saturated carbocycles. The van der Waals surface area contributed by atoms with E-state index in [1.165, 1.54) is 32.4 Å². The van der Waals surface area contributed by atoms with E-state index in [1.807, 2.05) is 0 Å². The maximum atomic E-state index is 13.3. The Labute approximate surface area is 192 Å². The fourth-order valence-corrected chi connectivity index (χ4v) is 4.82. The summed E-state index contributed by atoms with van der Waals surface area (Å²) in [4.78, 5) is 28.2. The highest BCUT2D eigenvalue weighted by molar-refractivity contribution is 7.89. The van der Waals surface area contributed by atoms with Gasteiger partial charge in [-0.3, -0.25) is 14.6 Å². The van der Waals surface area contributed by atoms with Crippen LogP contribution in [0.2, 0.25) is 0 Å². The third kappa shape index (κ3) is 5.97. The Hall–Kier alpha value is -3.22. The summed E-state index contributed by atoms with van der Waals surface area (Å²) in [5.74, 6) is -1.07. The summed E-state index contributed by atoms with van der Waals surface area (Å²) in [7, 11) is -1.10. The third-order valence-electron chi connectivity index (χ3n) is 4.94. The minimum atomic E-state index is -3.97. The number of amides is 2. The Morgan fingerprint density at radius 2 is 1.91 bits per heavy atom. The molecule has 3 rings (SSSR count). The first-order valence-electron chi connectivity index (χ1n) is 10.2. The molecule has 1 aromatic carbocycles. The zero-order valence-electron chi connectivity index (χ0n) is 18.3. The van der Waals surface area contributed by atoms with Crippen LogP contribution in [0.5, 0.6) is 11.5 Å². The summed E-state index contributed by atoms with van der Waals surface area (Å²) < 4.78 is 43.6. The van der Waals surface area contributed by atoms with Crippen LogP contribution in [0.15, 0.2) is 47.6 Å². The summed E-state index contributed by atoms with van der Waals surface area (Å²) in [6.45, 7) is 0.474. The number of nitrogens with one attached hydrogen (secondary N) is 2. The molecule has 0 unspecified atom stereocenters. The maximum absolute atomic E-state index is 13.3. The molecular weight excluding hydrogens is 452 g/mol. The van der Waals surface area contributed by atoms with E-state index in [9.17, 15) is 18.0 Å². The van der Waals surface area contributed by atoms with Gasteiger partial charge in [0, 0.05) is 31.5 Å². The van der Waals surface area contributed by atoms with Crippen molar-refractivity contribution in [2.24, 2.45) is 0 Å². The molecule has 12 heteroatoms. The summed E-state index contributed by atoms with van der Waals surface area (Å²) in [5, 5.41) is 4.93. The SMILES string of the molecule is COc1ccc(S(=O)(=O)N2CCCO[C@@H]2CNC(=O)C(=O)NCc2cccnc2)cc1OC. The van der Waals surface area contributed by atoms with E-state index in [-0.39, 0.29) is 30.3 Å². The van der Waals surface area contributed by atoms with Gasteiger partial charge in [0.2, 0.25) is 10.0 Å². The van der Waals surface area contributed by atoms with Crippen molar-refractivity contribution in [3.05, 3.63) is 48.3 Å². The van der Waals surface area contributed by atoms with Crippen LogP contribution in [0.1, 0.15) is 12.0 Å². The van der Waals surface area contributed by atoms with E-state index >= 15 is 0 Å². The number of ether oxygens (including phenoxy) is 3. The first kappa shape index (κ1) is 24.4. The van der Waals surface area contributed by atoms with Crippen LogP contribution in [-0.4, -0.2) is 69.7 Å². The molecule has 2 amide bonds. The number of carbonyl (C=O) groups excluding carboxylic acids is 2. The second kappa shape index (κ2) is 11.1. The monoisotopic (exact) mass is 478 g/mol. The van der Waals surface area contributed by atoms with Crippen LogP contribution in [0.25, 0.3) is 0 Å². The van der Waals surface area contributed by atoms with Crippen molar-refractivity contribution in [2.45, 2.75) is 24.1 Å². The number of hydrogen-bond acceptors (Lipinski definition) is 8. The summed E-state index contributed by atoms with van der Waals surface area (Å²) >= 11 is 0. The molecule has 1 aliphatic rings. The molecule has 178 valence electrons. The van der Waals surface area contributed by atoms with Crippen LogP contribution in [0.3, 0.4) is 0 Å². The van der Waals surface area contributed by atoms with E-state index < -0.39 is 28.1 Å². The molecule has 1 atom stereocenters. The number of hydrogen-bond donors (Lipinski definition) is 2.